The van der Waals surface area contributed by atoms with Crippen LogP contribution >= 0.6 is 0 Å². The van der Waals surface area contributed by atoms with E-state index < -0.39 is 52.9 Å². The molecular formula is C20H26O7. The van der Waals surface area contributed by atoms with E-state index in [4.69, 9.17) is 9.47 Å². The van der Waals surface area contributed by atoms with Crippen LogP contribution in [0.3, 0.4) is 0 Å². The summed E-state index contributed by atoms with van der Waals surface area (Å²) in [5.41, 5.74) is -0.468. The molecule has 4 fully saturated rings. The standard InChI is InChI=1S/C20H26O7/c1-8-4-12(21)16(24)18(3)10(8)5-13-19-7-26-20(25,17(18)19)15(23)9(2)11(19)6-14(22)27-13/h4,10-13,15-17,21,23-25H,2,5-7H2,1,3H3/t10-,11-,12-,13+,15+,16+,17+,18+,19+,20-/m0/s1. The third kappa shape index (κ3) is 1.74. The maximum absolute atomic E-state index is 12.3. The van der Waals surface area contributed by atoms with E-state index in [0.717, 1.165) is 5.57 Å². The summed E-state index contributed by atoms with van der Waals surface area (Å²) in [7, 11) is 0. The fourth-order valence-electron chi connectivity index (χ4n) is 7.30. The predicted octanol–water partition coefficient (Wildman–Crippen LogP) is -0.122. The number of hydrogen-bond acceptors (Lipinski definition) is 7. The Labute approximate surface area is 157 Å². The van der Waals surface area contributed by atoms with Gasteiger partial charge in [-0.25, -0.2) is 0 Å². The van der Waals surface area contributed by atoms with Gasteiger partial charge in [-0.15, -0.1) is 0 Å². The number of carbonyl (C=O) groups excluding carboxylic acids is 1. The van der Waals surface area contributed by atoms with E-state index in [1.54, 1.807) is 6.08 Å². The molecule has 5 rings (SSSR count). The first-order valence-electron chi connectivity index (χ1n) is 9.55. The molecule has 2 saturated carbocycles. The van der Waals surface area contributed by atoms with Crippen LogP contribution in [0.15, 0.2) is 23.8 Å². The molecule has 4 N–H and O–H groups in total. The van der Waals surface area contributed by atoms with Gasteiger partial charge in [-0.05, 0) is 24.8 Å². The lowest BCUT2D eigenvalue weighted by Crippen LogP contribution is -2.74. The zero-order valence-corrected chi connectivity index (χ0v) is 15.5. The lowest BCUT2D eigenvalue weighted by Gasteiger charge is -2.67. The Kier molecular flexibility index (Phi) is 3.31. The number of esters is 1. The fourth-order valence-corrected chi connectivity index (χ4v) is 7.30. The summed E-state index contributed by atoms with van der Waals surface area (Å²) in [6, 6.07) is 0. The van der Waals surface area contributed by atoms with Crippen molar-refractivity contribution in [1.29, 1.82) is 0 Å². The first-order valence-corrected chi connectivity index (χ1v) is 9.55. The van der Waals surface area contributed by atoms with Crippen LogP contribution in [0.1, 0.15) is 26.7 Å². The highest BCUT2D eigenvalue weighted by molar-refractivity contribution is 5.72. The molecule has 0 radical (unpaired) electrons. The lowest BCUT2D eigenvalue weighted by atomic mass is 9.39. The van der Waals surface area contributed by atoms with Gasteiger partial charge in [-0.1, -0.05) is 25.2 Å². The third-order valence-corrected chi connectivity index (χ3v) is 8.35. The minimum atomic E-state index is -1.94. The number of rotatable bonds is 0. The highest BCUT2D eigenvalue weighted by Crippen LogP contribution is 2.73. The van der Waals surface area contributed by atoms with Crippen LogP contribution in [0.25, 0.3) is 0 Å². The van der Waals surface area contributed by atoms with Crippen molar-refractivity contribution in [2.24, 2.45) is 28.6 Å². The number of fused-ring (bicyclic) bond motifs is 1. The van der Waals surface area contributed by atoms with Gasteiger partial charge >= 0.3 is 5.97 Å². The van der Waals surface area contributed by atoms with Crippen molar-refractivity contribution >= 4 is 5.97 Å². The van der Waals surface area contributed by atoms with Crippen molar-refractivity contribution < 1.29 is 34.7 Å². The molecule has 2 saturated heterocycles. The number of hydrogen-bond donors (Lipinski definition) is 4. The molecule has 1 spiro atoms. The number of allylic oxidation sites excluding steroid dienone is 1. The summed E-state index contributed by atoms with van der Waals surface area (Å²) in [6.07, 6.45) is -1.92. The minimum Gasteiger partial charge on any atom is -0.462 e. The highest BCUT2D eigenvalue weighted by Gasteiger charge is 2.81. The molecule has 2 bridgehead atoms. The summed E-state index contributed by atoms with van der Waals surface area (Å²) < 4.78 is 11.6. The molecule has 27 heavy (non-hydrogen) atoms. The number of carbonyl (C=O) groups is 1. The van der Waals surface area contributed by atoms with Crippen LogP contribution in [0.4, 0.5) is 0 Å². The summed E-state index contributed by atoms with van der Waals surface area (Å²) in [5.74, 6) is -3.63. The molecule has 7 nitrogen and oxygen atoms in total. The number of ether oxygens (including phenoxy) is 2. The molecule has 7 heteroatoms. The fraction of sp³-hybridized carbons (Fsp3) is 0.750. The van der Waals surface area contributed by atoms with Crippen molar-refractivity contribution in [2.75, 3.05) is 6.61 Å². The summed E-state index contributed by atoms with van der Waals surface area (Å²) in [5, 5.41) is 43.9. The second-order valence-corrected chi connectivity index (χ2v) is 9.30. The van der Waals surface area contributed by atoms with E-state index in [2.05, 4.69) is 6.58 Å². The van der Waals surface area contributed by atoms with E-state index in [1.165, 1.54) is 0 Å². The first-order chi connectivity index (χ1) is 12.6. The Morgan fingerprint density at radius 2 is 1.96 bits per heavy atom. The van der Waals surface area contributed by atoms with Gasteiger partial charge in [0.15, 0.2) is 5.79 Å². The molecule has 0 aromatic carbocycles. The van der Waals surface area contributed by atoms with Crippen LogP contribution < -0.4 is 0 Å². The van der Waals surface area contributed by atoms with Crippen LogP contribution in [-0.2, 0) is 14.3 Å². The van der Waals surface area contributed by atoms with Gasteiger partial charge in [0.25, 0.3) is 0 Å². The minimum absolute atomic E-state index is 0.0660. The van der Waals surface area contributed by atoms with Crippen LogP contribution in [0.5, 0.6) is 0 Å². The normalized spacial score (nSPS) is 58.9. The molecule has 2 aliphatic heterocycles. The van der Waals surface area contributed by atoms with E-state index in [9.17, 15) is 25.2 Å². The predicted molar refractivity (Wildman–Crippen MR) is 91.9 cm³/mol. The molecule has 3 aliphatic carbocycles. The van der Waals surface area contributed by atoms with E-state index in [1.807, 2.05) is 13.8 Å². The van der Waals surface area contributed by atoms with Crippen LogP contribution in [-0.4, -0.2) is 63.2 Å². The van der Waals surface area contributed by atoms with Crippen molar-refractivity contribution in [3.63, 3.8) is 0 Å². The molecule has 10 atom stereocenters. The Morgan fingerprint density at radius 1 is 1.26 bits per heavy atom. The van der Waals surface area contributed by atoms with Crippen molar-refractivity contribution in [2.45, 2.75) is 56.9 Å². The molecule has 0 unspecified atom stereocenters. The summed E-state index contributed by atoms with van der Waals surface area (Å²) in [6.45, 7) is 7.81. The topological polar surface area (TPSA) is 116 Å². The Morgan fingerprint density at radius 3 is 2.67 bits per heavy atom. The molecule has 148 valence electrons. The van der Waals surface area contributed by atoms with Crippen LogP contribution in [0.2, 0.25) is 0 Å². The van der Waals surface area contributed by atoms with Gasteiger partial charge in [0.05, 0.1) is 25.2 Å². The first kappa shape index (κ1) is 17.8. The molecule has 0 aromatic heterocycles. The van der Waals surface area contributed by atoms with Gasteiger partial charge < -0.3 is 29.9 Å². The molecule has 0 amide bonds. The second-order valence-electron chi connectivity index (χ2n) is 9.30. The van der Waals surface area contributed by atoms with Gasteiger partial charge in [0.2, 0.25) is 0 Å². The zero-order valence-electron chi connectivity index (χ0n) is 15.5. The van der Waals surface area contributed by atoms with Gasteiger partial charge in [0.1, 0.15) is 12.2 Å². The third-order valence-electron chi connectivity index (χ3n) is 8.35. The molecule has 2 heterocycles. The quantitative estimate of drug-likeness (QED) is 0.343. The van der Waals surface area contributed by atoms with Gasteiger partial charge in [0, 0.05) is 22.7 Å². The largest absolute Gasteiger partial charge is 0.462 e. The SMILES string of the molecule is C=C1[C@@H](O)[C@]2(O)OC[C@]34[C@H]2[C@@]2(C)[C@H](O)[C@@H](O)C=C(C)[C@@H]2C[C@H]3OC(=O)C[C@@H]14. The Bertz CT molecular complexity index is 776. The number of aliphatic hydroxyl groups excluding tert-OH is 3. The van der Waals surface area contributed by atoms with Crippen molar-refractivity contribution in [3.05, 3.63) is 23.8 Å². The van der Waals surface area contributed by atoms with Gasteiger partial charge in [-0.3, -0.25) is 4.79 Å². The maximum atomic E-state index is 12.3. The van der Waals surface area contributed by atoms with Crippen molar-refractivity contribution in [1.82, 2.24) is 0 Å². The molecule has 0 aromatic rings. The van der Waals surface area contributed by atoms with E-state index in [-0.39, 0.29) is 24.9 Å². The Balaban J connectivity index is 1.78. The lowest BCUT2D eigenvalue weighted by molar-refractivity contribution is -0.312. The highest BCUT2D eigenvalue weighted by atomic mass is 16.6. The number of aliphatic hydroxyl groups is 4. The zero-order chi connectivity index (χ0) is 19.5. The average Bonchev–Trinajstić information content (AvgIpc) is 2.90. The summed E-state index contributed by atoms with van der Waals surface area (Å²) >= 11 is 0. The Hall–Kier alpha value is -1.25. The average molecular weight is 378 g/mol. The van der Waals surface area contributed by atoms with Crippen LogP contribution in [0, 0.1) is 28.6 Å². The smallest absolute Gasteiger partial charge is 0.306 e. The maximum Gasteiger partial charge on any atom is 0.306 e. The molecular weight excluding hydrogens is 352 g/mol. The monoisotopic (exact) mass is 378 g/mol. The van der Waals surface area contributed by atoms with E-state index >= 15 is 0 Å². The van der Waals surface area contributed by atoms with E-state index in [0.29, 0.717) is 12.0 Å². The van der Waals surface area contributed by atoms with Gasteiger partial charge in [-0.2, -0.15) is 0 Å². The second kappa shape index (κ2) is 5.02. The van der Waals surface area contributed by atoms with Crippen molar-refractivity contribution in [3.8, 4) is 0 Å². The molecule has 5 aliphatic rings. The summed E-state index contributed by atoms with van der Waals surface area (Å²) in [4.78, 5) is 12.3.